The summed E-state index contributed by atoms with van der Waals surface area (Å²) < 4.78 is 7.23. The van der Waals surface area contributed by atoms with Gasteiger partial charge in [-0.25, -0.2) is 0 Å². The Hall–Kier alpha value is -2.96. The molecule has 0 aliphatic heterocycles. The Kier molecular flexibility index (Phi) is 4.18. The molecule has 0 saturated carbocycles. The molecule has 0 aliphatic rings. The van der Waals surface area contributed by atoms with Crippen molar-refractivity contribution in [2.45, 2.75) is 13.8 Å². The van der Waals surface area contributed by atoms with E-state index in [1.54, 1.807) is 36.4 Å². The zero-order chi connectivity index (χ0) is 16.2. The molecule has 118 valence electrons. The third-order valence-corrected chi connectivity index (χ3v) is 3.13. The van der Waals surface area contributed by atoms with Crippen LogP contribution < -0.4 is 10.1 Å². The SMILES string of the molecule is CC(C)CNC(=O)c1cccc(Oc2ccc3nncn3n2)c1. The molecule has 23 heavy (non-hydrogen) atoms. The van der Waals surface area contributed by atoms with E-state index in [2.05, 4.69) is 20.6 Å². The van der Waals surface area contributed by atoms with E-state index in [9.17, 15) is 4.79 Å². The van der Waals surface area contributed by atoms with Crippen LogP contribution in [0, 0.1) is 5.92 Å². The van der Waals surface area contributed by atoms with Crippen LogP contribution in [0.5, 0.6) is 11.6 Å². The highest BCUT2D eigenvalue weighted by Gasteiger charge is 2.08. The minimum absolute atomic E-state index is 0.119. The molecular weight excluding hydrogens is 294 g/mol. The smallest absolute Gasteiger partial charge is 0.251 e. The predicted molar refractivity (Wildman–Crippen MR) is 84.5 cm³/mol. The van der Waals surface area contributed by atoms with Crippen LogP contribution >= 0.6 is 0 Å². The van der Waals surface area contributed by atoms with E-state index in [0.29, 0.717) is 35.3 Å². The van der Waals surface area contributed by atoms with Crippen molar-refractivity contribution in [2.24, 2.45) is 5.92 Å². The number of aromatic nitrogens is 4. The quantitative estimate of drug-likeness (QED) is 0.782. The van der Waals surface area contributed by atoms with E-state index in [0.717, 1.165) is 0 Å². The predicted octanol–water partition coefficient (Wildman–Crippen LogP) is 2.30. The molecule has 2 aromatic heterocycles. The van der Waals surface area contributed by atoms with Crippen molar-refractivity contribution < 1.29 is 9.53 Å². The minimum Gasteiger partial charge on any atom is -0.438 e. The van der Waals surface area contributed by atoms with E-state index in [1.807, 2.05) is 13.8 Å². The number of carbonyl (C=O) groups excluding carboxylic acids is 1. The van der Waals surface area contributed by atoms with Gasteiger partial charge in [-0.15, -0.1) is 15.3 Å². The third kappa shape index (κ3) is 3.63. The van der Waals surface area contributed by atoms with Gasteiger partial charge < -0.3 is 10.1 Å². The standard InChI is InChI=1S/C16H17N5O2/c1-11(2)9-17-16(22)12-4-3-5-13(8-12)23-15-7-6-14-19-18-10-21(14)20-15/h3-8,10-11H,9H2,1-2H3,(H,17,22). The van der Waals surface area contributed by atoms with Crippen LogP contribution in [0.1, 0.15) is 24.2 Å². The lowest BCUT2D eigenvalue weighted by molar-refractivity contribution is 0.0948. The third-order valence-electron chi connectivity index (χ3n) is 3.13. The van der Waals surface area contributed by atoms with Crippen molar-refractivity contribution in [2.75, 3.05) is 6.54 Å². The Morgan fingerprint density at radius 3 is 3.00 bits per heavy atom. The summed E-state index contributed by atoms with van der Waals surface area (Å²) in [4.78, 5) is 12.1. The molecule has 0 aliphatic carbocycles. The molecule has 0 fully saturated rings. The first-order valence-corrected chi connectivity index (χ1v) is 7.35. The first-order chi connectivity index (χ1) is 11.1. The van der Waals surface area contributed by atoms with Gasteiger partial charge in [0.2, 0.25) is 5.88 Å². The second-order valence-corrected chi connectivity index (χ2v) is 5.54. The number of benzene rings is 1. The summed E-state index contributed by atoms with van der Waals surface area (Å²) in [5, 5.41) is 14.8. The molecule has 7 nitrogen and oxygen atoms in total. The summed E-state index contributed by atoms with van der Waals surface area (Å²) in [6.45, 7) is 4.73. The van der Waals surface area contributed by atoms with Crippen LogP contribution in [0.25, 0.3) is 5.65 Å². The largest absolute Gasteiger partial charge is 0.438 e. The van der Waals surface area contributed by atoms with Crippen molar-refractivity contribution in [1.82, 2.24) is 25.1 Å². The van der Waals surface area contributed by atoms with Crippen LogP contribution in [0.15, 0.2) is 42.7 Å². The van der Waals surface area contributed by atoms with Gasteiger partial charge in [-0.1, -0.05) is 19.9 Å². The van der Waals surface area contributed by atoms with Crippen LogP contribution in [0.4, 0.5) is 0 Å². The van der Waals surface area contributed by atoms with Gasteiger partial charge in [0.05, 0.1) is 0 Å². The van der Waals surface area contributed by atoms with Gasteiger partial charge in [0.15, 0.2) is 5.65 Å². The van der Waals surface area contributed by atoms with Gasteiger partial charge in [0.1, 0.15) is 12.1 Å². The molecule has 1 aromatic carbocycles. The van der Waals surface area contributed by atoms with E-state index in [-0.39, 0.29) is 5.91 Å². The molecule has 0 bridgehead atoms. The van der Waals surface area contributed by atoms with Crippen molar-refractivity contribution >= 4 is 11.6 Å². The van der Waals surface area contributed by atoms with E-state index < -0.39 is 0 Å². The number of nitrogens with one attached hydrogen (secondary N) is 1. The number of rotatable bonds is 5. The van der Waals surface area contributed by atoms with Crippen molar-refractivity contribution in [3.63, 3.8) is 0 Å². The number of hydrogen-bond acceptors (Lipinski definition) is 5. The van der Waals surface area contributed by atoms with Gasteiger partial charge in [-0.05, 0) is 30.2 Å². The highest BCUT2D eigenvalue weighted by Crippen LogP contribution is 2.20. The van der Waals surface area contributed by atoms with Crippen LogP contribution in [0.2, 0.25) is 0 Å². The molecule has 0 atom stereocenters. The molecule has 2 heterocycles. The van der Waals surface area contributed by atoms with E-state index >= 15 is 0 Å². The number of hydrogen-bond donors (Lipinski definition) is 1. The topological polar surface area (TPSA) is 81.4 Å². The number of nitrogens with zero attached hydrogens (tertiary/aromatic N) is 4. The summed E-state index contributed by atoms with van der Waals surface area (Å²) in [7, 11) is 0. The maximum atomic E-state index is 12.1. The molecule has 1 amide bonds. The van der Waals surface area contributed by atoms with E-state index in [4.69, 9.17) is 4.74 Å². The van der Waals surface area contributed by atoms with Gasteiger partial charge in [-0.2, -0.15) is 4.52 Å². The molecule has 3 aromatic rings. The summed E-state index contributed by atoms with van der Waals surface area (Å²) in [5.41, 5.74) is 1.19. The molecule has 0 saturated heterocycles. The second-order valence-electron chi connectivity index (χ2n) is 5.54. The normalized spacial score (nSPS) is 10.9. The monoisotopic (exact) mass is 311 g/mol. The number of ether oxygens (including phenoxy) is 1. The lowest BCUT2D eigenvalue weighted by Gasteiger charge is -2.09. The Morgan fingerprint density at radius 2 is 2.17 bits per heavy atom. The molecule has 7 heteroatoms. The average Bonchev–Trinajstić information content (AvgIpc) is 3.00. The van der Waals surface area contributed by atoms with Crippen molar-refractivity contribution in [3.05, 3.63) is 48.3 Å². The molecule has 0 unspecified atom stereocenters. The number of amides is 1. The minimum atomic E-state index is -0.119. The summed E-state index contributed by atoms with van der Waals surface area (Å²) in [6.07, 6.45) is 1.50. The molecule has 3 rings (SSSR count). The lowest BCUT2D eigenvalue weighted by atomic mass is 10.2. The van der Waals surface area contributed by atoms with Gasteiger partial charge in [-0.3, -0.25) is 4.79 Å². The summed E-state index contributed by atoms with van der Waals surface area (Å²) in [6, 6.07) is 10.4. The molecule has 1 N–H and O–H groups in total. The van der Waals surface area contributed by atoms with Crippen molar-refractivity contribution in [3.8, 4) is 11.6 Å². The van der Waals surface area contributed by atoms with Crippen LogP contribution in [-0.2, 0) is 0 Å². The Balaban J connectivity index is 1.75. The van der Waals surface area contributed by atoms with Crippen LogP contribution in [-0.4, -0.2) is 32.3 Å². The zero-order valence-corrected chi connectivity index (χ0v) is 12.9. The fraction of sp³-hybridized carbons (Fsp3) is 0.250. The number of carbonyl (C=O) groups is 1. The fourth-order valence-corrected chi connectivity index (χ4v) is 1.99. The Labute approximate surface area is 133 Å². The van der Waals surface area contributed by atoms with Crippen LogP contribution in [0.3, 0.4) is 0 Å². The zero-order valence-electron chi connectivity index (χ0n) is 12.9. The first-order valence-electron chi connectivity index (χ1n) is 7.35. The van der Waals surface area contributed by atoms with Crippen molar-refractivity contribution in [1.29, 1.82) is 0 Å². The maximum Gasteiger partial charge on any atom is 0.251 e. The highest BCUT2D eigenvalue weighted by molar-refractivity contribution is 5.94. The van der Waals surface area contributed by atoms with Gasteiger partial charge in [0, 0.05) is 18.2 Å². The number of fused-ring (bicyclic) bond motifs is 1. The van der Waals surface area contributed by atoms with E-state index in [1.165, 1.54) is 10.8 Å². The molecule has 0 spiro atoms. The second kappa shape index (κ2) is 6.43. The highest BCUT2D eigenvalue weighted by atomic mass is 16.5. The average molecular weight is 311 g/mol. The fourth-order valence-electron chi connectivity index (χ4n) is 1.99. The molecule has 0 radical (unpaired) electrons. The molecular formula is C16H17N5O2. The first kappa shape index (κ1) is 15.0. The van der Waals surface area contributed by atoms with Gasteiger partial charge in [0.25, 0.3) is 5.91 Å². The Bertz CT molecular complexity index is 828. The summed E-state index contributed by atoms with van der Waals surface area (Å²) in [5.74, 6) is 1.23. The summed E-state index contributed by atoms with van der Waals surface area (Å²) >= 11 is 0. The lowest BCUT2D eigenvalue weighted by Crippen LogP contribution is -2.27. The van der Waals surface area contributed by atoms with Gasteiger partial charge >= 0.3 is 0 Å². The Morgan fingerprint density at radius 1 is 1.30 bits per heavy atom. The maximum absolute atomic E-state index is 12.1.